The van der Waals surface area contributed by atoms with Gasteiger partial charge in [-0.1, -0.05) is 13.3 Å². The van der Waals surface area contributed by atoms with Crippen molar-refractivity contribution in [3.63, 3.8) is 0 Å². The molecule has 2 atom stereocenters. The number of nitrogens with one attached hydrogen (secondary N) is 1. The normalized spacial score (nSPS) is 42.4. The molecule has 0 spiro atoms. The van der Waals surface area contributed by atoms with Crippen LogP contribution < -0.4 is 5.32 Å². The average molecular weight is 215 g/mol. The van der Waals surface area contributed by atoms with E-state index in [1.54, 1.807) is 0 Å². The van der Waals surface area contributed by atoms with Crippen molar-refractivity contribution in [2.24, 2.45) is 5.92 Å². The third kappa shape index (κ3) is 2.80. The molecule has 1 saturated carbocycles. The van der Waals surface area contributed by atoms with Crippen LogP contribution in [0.3, 0.4) is 0 Å². The molecule has 2 aliphatic rings. The predicted octanol–water partition coefficient (Wildman–Crippen LogP) is 1.68. The van der Waals surface area contributed by atoms with E-state index in [2.05, 4.69) is 12.2 Å². The summed E-state index contributed by atoms with van der Waals surface area (Å²) in [4.78, 5) is 0. The van der Waals surface area contributed by atoms with Gasteiger partial charge in [-0.25, -0.2) is 0 Å². The summed E-state index contributed by atoms with van der Waals surface area (Å²) < 4.78 is 11.2. The zero-order chi connectivity index (χ0) is 9.97. The molecule has 0 radical (unpaired) electrons. The van der Waals surface area contributed by atoms with Gasteiger partial charge in [0.1, 0.15) is 0 Å². The second-order valence-electron chi connectivity index (χ2n) is 4.68. The third-order valence-electron chi connectivity index (χ3n) is 3.42. The summed E-state index contributed by atoms with van der Waals surface area (Å²) in [6, 6.07) is 1.46. The fourth-order valence-corrected chi connectivity index (χ4v) is 3.70. The van der Waals surface area contributed by atoms with Gasteiger partial charge < -0.3 is 5.32 Å². The van der Waals surface area contributed by atoms with Crippen molar-refractivity contribution >= 4 is 10.8 Å². The summed E-state index contributed by atoms with van der Waals surface area (Å²) in [5, 5.41) is 3.71. The maximum atomic E-state index is 11.2. The van der Waals surface area contributed by atoms with Crippen LogP contribution in [0.25, 0.3) is 0 Å². The van der Waals surface area contributed by atoms with E-state index in [0.717, 1.165) is 36.3 Å². The molecule has 1 heterocycles. The van der Waals surface area contributed by atoms with Gasteiger partial charge in [-0.05, 0) is 31.6 Å². The zero-order valence-electron chi connectivity index (χ0n) is 9.00. The molecule has 0 aromatic rings. The molecule has 0 bridgehead atoms. The topological polar surface area (TPSA) is 29.1 Å². The Labute approximate surface area is 89.3 Å². The minimum Gasteiger partial charge on any atom is -0.311 e. The van der Waals surface area contributed by atoms with E-state index in [9.17, 15) is 4.21 Å². The highest BCUT2D eigenvalue weighted by atomic mass is 32.2. The van der Waals surface area contributed by atoms with Crippen LogP contribution >= 0.6 is 0 Å². The van der Waals surface area contributed by atoms with E-state index < -0.39 is 10.8 Å². The molecule has 2 rings (SSSR count). The quantitative estimate of drug-likeness (QED) is 0.773. The van der Waals surface area contributed by atoms with Crippen LogP contribution in [0.1, 0.15) is 39.0 Å². The number of rotatable bonds is 4. The van der Waals surface area contributed by atoms with E-state index in [0.29, 0.717) is 6.04 Å². The lowest BCUT2D eigenvalue weighted by atomic mass is 10.1. The first-order valence-corrected chi connectivity index (χ1v) is 7.39. The molecule has 2 nitrogen and oxygen atoms in total. The molecule has 2 fully saturated rings. The van der Waals surface area contributed by atoms with Crippen LogP contribution in [0.15, 0.2) is 0 Å². The Hall–Kier alpha value is 0.110. The van der Waals surface area contributed by atoms with Crippen molar-refractivity contribution in [2.75, 3.05) is 11.5 Å². The van der Waals surface area contributed by atoms with Gasteiger partial charge in [-0.15, -0.1) is 0 Å². The van der Waals surface area contributed by atoms with Crippen LogP contribution in [0, 0.1) is 5.92 Å². The first kappa shape index (κ1) is 10.6. The molecule has 0 amide bonds. The summed E-state index contributed by atoms with van der Waals surface area (Å²) in [6.07, 6.45) is 6.34. The number of hydrogen-bond donors (Lipinski definition) is 1. The molecule has 2 unspecified atom stereocenters. The lowest BCUT2D eigenvalue weighted by Gasteiger charge is -2.22. The molecule has 1 N–H and O–H groups in total. The Balaban J connectivity index is 1.65. The highest BCUT2D eigenvalue weighted by Crippen LogP contribution is 2.35. The minimum atomic E-state index is -0.507. The van der Waals surface area contributed by atoms with Crippen molar-refractivity contribution < 1.29 is 4.21 Å². The van der Waals surface area contributed by atoms with Crippen LogP contribution in [-0.4, -0.2) is 27.8 Å². The van der Waals surface area contributed by atoms with Gasteiger partial charge in [0.15, 0.2) is 0 Å². The lowest BCUT2D eigenvalue weighted by Crippen LogP contribution is -2.37. The molecule has 1 saturated heterocycles. The van der Waals surface area contributed by atoms with E-state index in [1.807, 2.05) is 0 Å². The Kier molecular flexibility index (Phi) is 3.61. The maximum Gasteiger partial charge on any atom is 0.0249 e. The van der Waals surface area contributed by atoms with Gasteiger partial charge in [0, 0.05) is 34.4 Å². The van der Waals surface area contributed by atoms with Gasteiger partial charge >= 0.3 is 0 Å². The van der Waals surface area contributed by atoms with Gasteiger partial charge in [0.2, 0.25) is 0 Å². The first-order valence-electron chi connectivity index (χ1n) is 5.90. The second kappa shape index (κ2) is 4.75. The summed E-state index contributed by atoms with van der Waals surface area (Å²) >= 11 is 0. The molecule has 0 aromatic carbocycles. The van der Waals surface area contributed by atoms with E-state index in [4.69, 9.17) is 0 Å². The third-order valence-corrected chi connectivity index (χ3v) is 4.80. The van der Waals surface area contributed by atoms with Crippen LogP contribution in [0.2, 0.25) is 0 Å². The Morgan fingerprint density at radius 3 is 2.71 bits per heavy atom. The molecule has 14 heavy (non-hydrogen) atoms. The van der Waals surface area contributed by atoms with Crippen LogP contribution in [0.5, 0.6) is 0 Å². The van der Waals surface area contributed by atoms with Crippen molar-refractivity contribution in [1.29, 1.82) is 0 Å². The standard InChI is InChI=1S/C11H21NOS/c1-2-3-9-8-11(9)12-10-4-6-14(13)7-5-10/h9-12H,2-8H2,1H3. The molecule has 1 aliphatic carbocycles. The summed E-state index contributed by atoms with van der Waals surface area (Å²) in [7, 11) is -0.507. The minimum absolute atomic E-state index is 0.507. The van der Waals surface area contributed by atoms with Crippen LogP contribution in [0.4, 0.5) is 0 Å². The largest absolute Gasteiger partial charge is 0.311 e. The zero-order valence-corrected chi connectivity index (χ0v) is 9.81. The SMILES string of the molecule is CCCC1CC1NC1CCS(=O)CC1. The fourth-order valence-electron chi connectivity index (χ4n) is 2.40. The van der Waals surface area contributed by atoms with Crippen molar-refractivity contribution in [3.05, 3.63) is 0 Å². The summed E-state index contributed by atoms with van der Waals surface area (Å²) in [5.41, 5.74) is 0. The highest BCUT2D eigenvalue weighted by molar-refractivity contribution is 7.85. The predicted molar refractivity (Wildman–Crippen MR) is 60.8 cm³/mol. The molecule has 82 valence electrons. The maximum absolute atomic E-state index is 11.2. The van der Waals surface area contributed by atoms with Crippen molar-refractivity contribution in [3.8, 4) is 0 Å². The Bertz CT molecular complexity index is 209. The summed E-state index contributed by atoms with van der Waals surface area (Å²) in [6.45, 7) is 2.26. The van der Waals surface area contributed by atoms with E-state index in [1.165, 1.54) is 19.3 Å². The average Bonchev–Trinajstić information content (AvgIpc) is 2.89. The highest BCUT2D eigenvalue weighted by Gasteiger charge is 2.37. The molecular weight excluding hydrogens is 194 g/mol. The lowest BCUT2D eigenvalue weighted by molar-refractivity contribution is 0.455. The summed E-state index contributed by atoms with van der Waals surface area (Å²) in [5.74, 6) is 2.79. The van der Waals surface area contributed by atoms with Crippen LogP contribution in [-0.2, 0) is 10.8 Å². The van der Waals surface area contributed by atoms with E-state index in [-0.39, 0.29) is 0 Å². The Morgan fingerprint density at radius 1 is 1.36 bits per heavy atom. The smallest absolute Gasteiger partial charge is 0.0249 e. The fraction of sp³-hybridized carbons (Fsp3) is 1.00. The second-order valence-corrected chi connectivity index (χ2v) is 6.38. The molecule has 1 aliphatic heterocycles. The molecule has 3 heteroatoms. The van der Waals surface area contributed by atoms with Crippen molar-refractivity contribution in [1.82, 2.24) is 5.32 Å². The van der Waals surface area contributed by atoms with E-state index >= 15 is 0 Å². The van der Waals surface area contributed by atoms with Gasteiger partial charge in [0.05, 0.1) is 0 Å². The Morgan fingerprint density at radius 2 is 2.07 bits per heavy atom. The van der Waals surface area contributed by atoms with Gasteiger partial charge in [-0.2, -0.15) is 0 Å². The first-order chi connectivity index (χ1) is 6.79. The van der Waals surface area contributed by atoms with Gasteiger partial charge in [-0.3, -0.25) is 4.21 Å². The monoisotopic (exact) mass is 215 g/mol. The molecule has 0 aromatic heterocycles. The van der Waals surface area contributed by atoms with Crippen molar-refractivity contribution in [2.45, 2.75) is 51.1 Å². The molecular formula is C11H21NOS. The number of hydrogen-bond acceptors (Lipinski definition) is 2. The van der Waals surface area contributed by atoms with Gasteiger partial charge in [0.25, 0.3) is 0 Å².